The number of benzene rings is 3. The lowest BCUT2D eigenvalue weighted by molar-refractivity contribution is -0.115. The van der Waals surface area contributed by atoms with Crippen LogP contribution in [0.4, 0.5) is 5.69 Å². The molecule has 2 amide bonds. The molecule has 6 nitrogen and oxygen atoms in total. The number of nitrogens with one attached hydrogen (secondary N) is 2. The molecule has 1 heterocycles. The molecular formula is C23H19N3O3S. The van der Waals surface area contributed by atoms with Gasteiger partial charge in [0.15, 0.2) is 0 Å². The van der Waals surface area contributed by atoms with E-state index in [2.05, 4.69) is 15.6 Å². The quantitative estimate of drug-likeness (QED) is 0.489. The van der Waals surface area contributed by atoms with Crippen molar-refractivity contribution in [1.29, 1.82) is 0 Å². The van der Waals surface area contributed by atoms with Crippen molar-refractivity contribution in [2.45, 2.75) is 0 Å². The summed E-state index contributed by atoms with van der Waals surface area (Å²) >= 11 is 1.63. The number of hydrogen-bond donors (Lipinski definition) is 2. The smallest absolute Gasteiger partial charge is 0.255 e. The average Bonchev–Trinajstić information content (AvgIpc) is 3.22. The first-order valence-corrected chi connectivity index (χ1v) is 10.1. The van der Waals surface area contributed by atoms with Crippen LogP contribution in [0.25, 0.3) is 20.8 Å². The fraction of sp³-hybridized carbons (Fsp3) is 0.0870. The first-order chi connectivity index (χ1) is 14.6. The first kappa shape index (κ1) is 19.6. The van der Waals surface area contributed by atoms with Gasteiger partial charge in [-0.25, -0.2) is 4.98 Å². The van der Waals surface area contributed by atoms with Gasteiger partial charge in [0.1, 0.15) is 10.8 Å². The van der Waals surface area contributed by atoms with Crippen molar-refractivity contribution in [2.24, 2.45) is 0 Å². The second-order valence-corrected chi connectivity index (χ2v) is 7.53. The molecule has 0 aliphatic carbocycles. The zero-order valence-electron chi connectivity index (χ0n) is 16.2. The van der Waals surface area contributed by atoms with E-state index in [1.807, 2.05) is 48.5 Å². The van der Waals surface area contributed by atoms with Gasteiger partial charge in [0, 0.05) is 11.3 Å². The van der Waals surface area contributed by atoms with Crippen LogP contribution in [0.1, 0.15) is 10.4 Å². The maximum absolute atomic E-state index is 12.3. The van der Waals surface area contributed by atoms with Crippen LogP contribution in [0, 0.1) is 0 Å². The third-order valence-corrected chi connectivity index (χ3v) is 5.56. The summed E-state index contributed by atoms with van der Waals surface area (Å²) < 4.78 is 6.31. The van der Waals surface area contributed by atoms with Crippen LogP contribution in [0.2, 0.25) is 0 Å². The van der Waals surface area contributed by atoms with E-state index < -0.39 is 0 Å². The van der Waals surface area contributed by atoms with Crippen molar-refractivity contribution >= 4 is 39.1 Å². The normalized spacial score (nSPS) is 10.6. The molecule has 0 spiro atoms. The Bertz CT molecular complexity index is 1170. The molecule has 1 aromatic heterocycles. The summed E-state index contributed by atoms with van der Waals surface area (Å²) in [5.74, 6) is -0.222. The van der Waals surface area contributed by atoms with E-state index in [1.54, 1.807) is 35.6 Å². The molecule has 0 unspecified atom stereocenters. The van der Waals surface area contributed by atoms with Crippen molar-refractivity contribution in [3.63, 3.8) is 0 Å². The second-order valence-electron chi connectivity index (χ2n) is 6.50. The molecule has 3 aromatic carbocycles. The van der Waals surface area contributed by atoms with Crippen LogP contribution in [0.5, 0.6) is 5.75 Å². The number of methoxy groups -OCH3 is 1. The molecule has 0 saturated carbocycles. The maximum Gasteiger partial charge on any atom is 0.255 e. The number of ether oxygens (including phenoxy) is 1. The van der Waals surface area contributed by atoms with E-state index in [0.717, 1.165) is 20.8 Å². The molecule has 0 aliphatic rings. The molecule has 0 atom stereocenters. The molecule has 0 bridgehead atoms. The molecule has 30 heavy (non-hydrogen) atoms. The van der Waals surface area contributed by atoms with Crippen LogP contribution in [0.15, 0.2) is 72.8 Å². The number of para-hydroxylation sites is 2. The Morgan fingerprint density at radius 2 is 1.70 bits per heavy atom. The molecule has 4 aromatic rings. The third kappa shape index (κ3) is 4.31. The van der Waals surface area contributed by atoms with Crippen LogP contribution in [0.3, 0.4) is 0 Å². The number of aromatic nitrogens is 1. The zero-order valence-corrected chi connectivity index (χ0v) is 17.0. The Morgan fingerprint density at radius 1 is 0.967 bits per heavy atom. The number of carbonyl (C=O) groups excluding carboxylic acids is 2. The SMILES string of the molecule is COc1ccccc1C(=O)NCC(=O)Nc1ccc(-c2nc3ccccc3s2)cc1. The number of rotatable bonds is 6. The predicted octanol–water partition coefficient (Wildman–Crippen LogP) is 4.34. The largest absolute Gasteiger partial charge is 0.496 e. The van der Waals surface area contributed by atoms with E-state index in [-0.39, 0.29) is 18.4 Å². The van der Waals surface area contributed by atoms with Gasteiger partial charge in [0.2, 0.25) is 5.91 Å². The Labute approximate surface area is 177 Å². The molecule has 0 fully saturated rings. The standard InChI is InChI=1S/C23H19N3O3S/c1-29-19-8-4-2-6-17(19)22(28)24-14-21(27)25-16-12-10-15(11-13-16)23-26-18-7-3-5-9-20(18)30-23/h2-13H,14H2,1H3,(H,24,28)(H,25,27). The topological polar surface area (TPSA) is 80.3 Å². The lowest BCUT2D eigenvalue weighted by Gasteiger charge is -2.09. The van der Waals surface area contributed by atoms with Gasteiger partial charge >= 0.3 is 0 Å². The highest BCUT2D eigenvalue weighted by Gasteiger charge is 2.13. The molecule has 4 rings (SSSR count). The zero-order chi connectivity index (χ0) is 20.9. The summed E-state index contributed by atoms with van der Waals surface area (Å²) in [5, 5.41) is 6.32. The second kappa shape index (κ2) is 8.75. The van der Waals surface area contributed by atoms with Crippen molar-refractivity contribution in [2.75, 3.05) is 19.0 Å². The highest BCUT2D eigenvalue weighted by atomic mass is 32.1. The summed E-state index contributed by atoms with van der Waals surface area (Å²) in [4.78, 5) is 29.1. The monoisotopic (exact) mass is 417 g/mol. The number of anilines is 1. The van der Waals surface area contributed by atoms with Gasteiger partial charge in [-0.15, -0.1) is 11.3 Å². The molecule has 2 N–H and O–H groups in total. The number of carbonyl (C=O) groups is 2. The van der Waals surface area contributed by atoms with E-state index in [4.69, 9.17) is 4.74 Å². The van der Waals surface area contributed by atoms with Gasteiger partial charge in [-0.3, -0.25) is 9.59 Å². The van der Waals surface area contributed by atoms with Crippen LogP contribution >= 0.6 is 11.3 Å². The van der Waals surface area contributed by atoms with Crippen molar-refractivity contribution < 1.29 is 14.3 Å². The van der Waals surface area contributed by atoms with Gasteiger partial charge in [0.05, 0.1) is 29.4 Å². The Hall–Kier alpha value is -3.71. The predicted molar refractivity (Wildman–Crippen MR) is 119 cm³/mol. The molecule has 0 aliphatic heterocycles. The minimum absolute atomic E-state index is 0.142. The molecule has 7 heteroatoms. The van der Waals surface area contributed by atoms with E-state index in [0.29, 0.717) is 17.0 Å². The summed E-state index contributed by atoms with van der Waals surface area (Å²) in [5.41, 5.74) is 2.99. The summed E-state index contributed by atoms with van der Waals surface area (Å²) in [6, 6.07) is 22.3. The highest BCUT2D eigenvalue weighted by Crippen LogP contribution is 2.30. The van der Waals surface area contributed by atoms with Crippen LogP contribution < -0.4 is 15.4 Å². The van der Waals surface area contributed by atoms with Gasteiger partial charge < -0.3 is 15.4 Å². The van der Waals surface area contributed by atoms with Crippen molar-refractivity contribution in [3.05, 3.63) is 78.4 Å². The van der Waals surface area contributed by atoms with Gasteiger partial charge in [-0.2, -0.15) is 0 Å². The molecule has 0 saturated heterocycles. The van der Waals surface area contributed by atoms with Crippen molar-refractivity contribution in [1.82, 2.24) is 10.3 Å². The van der Waals surface area contributed by atoms with Crippen LogP contribution in [-0.4, -0.2) is 30.5 Å². The number of hydrogen-bond acceptors (Lipinski definition) is 5. The van der Waals surface area contributed by atoms with Gasteiger partial charge in [-0.1, -0.05) is 24.3 Å². The van der Waals surface area contributed by atoms with Crippen LogP contribution in [-0.2, 0) is 4.79 Å². The van der Waals surface area contributed by atoms with E-state index in [1.165, 1.54) is 7.11 Å². The van der Waals surface area contributed by atoms with Crippen molar-refractivity contribution in [3.8, 4) is 16.3 Å². The average molecular weight is 417 g/mol. The third-order valence-electron chi connectivity index (χ3n) is 4.47. The van der Waals surface area contributed by atoms with E-state index in [9.17, 15) is 9.59 Å². The first-order valence-electron chi connectivity index (χ1n) is 9.31. The lowest BCUT2D eigenvalue weighted by atomic mass is 10.2. The number of nitrogens with zero attached hydrogens (tertiary/aromatic N) is 1. The Morgan fingerprint density at radius 3 is 2.47 bits per heavy atom. The fourth-order valence-electron chi connectivity index (χ4n) is 2.99. The number of fused-ring (bicyclic) bond motifs is 1. The van der Waals surface area contributed by atoms with E-state index >= 15 is 0 Å². The fourth-order valence-corrected chi connectivity index (χ4v) is 3.96. The summed E-state index contributed by atoms with van der Waals surface area (Å²) in [6.45, 7) is -0.142. The highest BCUT2D eigenvalue weighted by molar-refractivity contribution is 7.21. The summed E-state index contributed by atoms with van der Waals surface area (Å²) in [6.07, 6.45) is 0. The molecule has 150 valence electrons. The molecule has 0 radical (unpaired) electrons. The summed E-state index contributed by atoms with van der Waals surface area (Å²) in [7, 11) is 1.50. The molecular weight excluding hydrogens is 398 g/mol. The minimum atomic E-state index is -0.367. The maximum atomic E-state index is 12.3. The lowest BCUT2D eigenvalue weighted by Crippen LogP contribution is -2.33. The Balaban J connectivity index is 1.36. The minimum Gasteiger partial charge on any atom is -0.496 e. The van der Waals surface area contributed by atoms with Gasteiger partial charge in [0.25, 0.3) is 5.91 Å². The number of thiazole rings is 1. The number of amides is 2. The van der Waals surface area contributed by atoms with Gasteiger partial charge in [-0.05, 0) is 48.5 Å². The Kier molecular flexibility index (Phi) is 5.72.